The number of nitrogens with one attached hydrogen (secondary N) is 1. The molecule has 1 aromatic carbocycles. The number of rotatable bonds is 7. The molecule has 0 saturated carbocycles. The Labute approximate surface area is 91.4 Å². The molecule has 0 atom stereocenters. The molecule has 0 aliphatic heterocycles. The maximum absolute atomic E-state index is 5.49. The van der Waals surface area contributed by atoms with Crippen LogP contribution in [0.5, 0.6) is 11.5 Å². The van der Waals surface area contributed by atoms with Crippen LogP contribution in [0.4, 0.5) is 0 Å². The fourth-order valence-electron chi connectivity index (χ4n) is 1.12. The summed E-state index contributed by atoms with van der Waals surface area (Å²) in [5, 5.41) is 3.03. The fraction of sp³-hybridized carbons (Fsp3) is 0.500. The van der Waals surface area contributed by atoms with Crippen molar-refractivity contribution in [1.82, 2.24) is 5.32 Å². The molecule has 0 bridgehead atoms. The molecule has 0 unspecified atom stereocenters. The highest BCUT2D eigenvalue weighted by atomic mass is 16.5. The molecule has 0 aliphatic rings. The van der Waals surface area contributed by atoms with Gasteiger partial charge in [0.1, 0.15) is 18.1 Å². The zero-order chi connectivity index (χ0) is 10.9. The van der Waals surface area contributed by atoms with Crippen LogP contribution in [0, 0.1) is 0 Å². The molecule has 15 heavy (non-hydrogen) atoms. The van der Waals surface area contributed by atoms with Crippen molar-refractivity contribution in [3.63, 3.8) is 0 Å². The SMILES string of the molecule is CCCOc1ccc(OCCNC)cc1. The molecular formula is C12H19NO2. The van der Waals surface area contributed by atoms with Gasteiger partial charge in [-0.3, -0.25) is 0 Å². The predicted octanol–water partition coefficient (Wildman–Crippen LogP) is 2.07. The molecule has 1 aromatic rings. The molecule has 3 heteroatoms. The van der Waals surface area contributed by atoms with Gasteiger partial charge in [0, 0.05) is 6.54 Å². The standard InChI is InChI=1S/C12H19NO2/c1-3-9-14-11-4-6-12(7-5-11)15-10-8-13-2/h4-7,13H,3,8-10H2,1-2H3. The van der Waals surface area contributed by atoms with E-state index in [-0.39, 0.29) is 0 Å². The van der Waals surface area contributed by atoms with E-state index in [0.717, 1.165) is 31.1 Å². The van der Waals surface area contributed by atoms with E-state index in [1.54, 1.807) is 0 Å². The van der Waals surface area contributed by atoms with Gasteiger partial charge in [-0.25, -0.2) is 0 Å². The molecule has 0 spiro atoms. The van der Waals surface area contributed by atoms with Crippen LogP contribution in [0.3, 0.4) is 0 Å². The van der Waals surface area contributed by atoms with E-state index in [2.05, 4.69) is 12.2 Å². The summed E-state index contributed by atoms with van der Waals surface area (Å²) >= 11 is 0. The lowest BCUT2D eigenvalue weighted by molar-refractivity contribution is 0.309. The summed E-state index contributed by atoms with van der Waals surface area (Å²) in [5.41, 5.74) is 0. The Morgan fingerprint density at radius 1 is 1.00 bits per heavy atom. The Morgan fingerprint density at radius 2 is 1.53 bits per heavy atom. The van der Waals surface area contributed by atoms with Crippen LogP contribution < -0.4 is 14.8 Å². The van der Waals surface area contributed by atoms with E-state index >= 15 is 0 Å². The molecule has 0 aliphatic carbocycles. The average molecular weight is 209 g/mol. The van der Waals surface area contributed by atoms with Gasteiger partial charge in [-0.1, -0.05) is 6.92 Å². The largest absolute Gasteiger partial charge is 0.494 e. The summed E-state index contributed by atoms with van der Waals surface area (Å²) in [6.45, 7) is 4.40. The molecule has 0 amide bonds. The minimum absolute atomic E-state index is 0.686. The van der Waals surface area contributed by atoms with Crippen molar-refractivity contribution in [3.8, 4) is 11.5 Å². The molecule has 1 N–H and O–H groups in total. The smallest absolute Gasteiger partial charge is 0.119 e. The van der Waals surface area contributed by atoms with Crippen LogP contribution >= 0.6 is 0 Å². The number of benzene rings is 1. The van der Waals surface area contributed by atoms with Crippen LogP contribution in [-0.2, 0) is 0 Å². The van der Waals surface area contributed by atoms with Crippen molar-refractivity contribution in [3.05, 3.63) is 24.3 Å². The fourth-order valence-corrected chi connectivity index (χ4v) is 1.12. The van der Waals surface area contributed by atoms with Crippen molar-refractivity contribution in [2.24, 2.45) is 0 Å². The number of likely N-dealkylation sites (N-methyl/N-ethyl adjacent to an activating group) is 1. The maximum atomic E-state index is 5.49. The molecular weight excluding hydrogens is 190 g/mol. The second-order valence-corrected chi connectivity index (χ2v) is 3.27. The lowest BCUT2D eigenvalue weighted by Gasteiger charge is -2.07. The summed E-state index contributed by atoms with van der Waals surface area (Å²) in [6, 6.07) is 7.73. The van der Waals surface area contributed by atoms with Gasteiger partial charge in [-0.15, -0.1) is 0 Å². The zero-order valence-electron chi connectivity index (χ0n) is 9.45. The van der Waals surface area contributed by atoms with E-state index in [1.807, 2.05) is 31.3 Å². The highest BCUT2D eigenvalue weighted by Crippen LogP contribution is 2.17. The minimum Gasteiger partial charge on any atom is -0.494 e. The third-order valence-electron chi connectivity index (χ3n) is 1.92. The molecule has 0 aromatic heterocycles. The Morgan fingerprint density at radius 3 is 2.00 bits per heavy atom. The molecule has 0 fully saturated rings. The van der Waals surface area contributed by atoms with E-state index in [0.29, 0.717) is 6.61 Å². The highest BCUT2D eigenvalue weighted by molar-refractivity contribution is 5.31. The van der Waals surface area contributed by atoms with Crippen LogP contribution in [0.1, 0.15) is 13.3 Å². The van der Waals surface area contributed by atoms with Crippen LogP contribution in [0.2, 0.25) is 0 Å². The average Bonchev–Trinajstić information content (AvgIpc) is 2.28. The second-order valence-electron chi connectivity index (χ2n) is 3.27. The first-order valence-corrected chi connectivity index (χ1v) is 5.37. The van der Waals surface area contributed by atoms with Crippen LogP contribution in [-0.4, -0.2) is 26.8 Å². The lowest BCUT2D eigenvalue weighted by Crippen LogP contribution is -2.15. The van der Waals surface area contributed by atoms with Gasteiger partial charge >= 0.3 is 0 Å². The Balaban J connectivity index is 2.35. The molecule has 84 valence electrons. The molecule has 1 rings (SSSR count). The molecule has 0 heterocycles. The quantitative estimate of drug-likeness (QED) is 0.697. The third-order valence-corrected chi connectivity index (χ3v) is 1.92. The van der Waals surface area contributed by atoms with E-state index in [1.165, 1.54) is 0 Å². The van der Waals surface area contributed by atoms with Gasteiger partial charge < -0.3 is 14.8 Å². The second kappa shape index (κ2) is 7.12. The summed E-state index contributed by atoms with van der Waals surface area (Å²) in [7, 11) is 1.91. The highest BCUT2D eigenvalue weighted by Gasteiger charge is 1.95. The summed E-state index contributed by atoms with van der Waals surface area (Å²) < 4.78 is 11.0. The van der Waals surface area contributed by atoms with Crippen LogP contribution in [0.15, 0.2) is 24.3 Å². The molecule has 0 saturated heterocycles. The minimum atomic E-state index is 0.686. The monoisotopic (exact) mass is 209 g/mol. The van der Waals surface area contributed by atoms with Gasteiger partial charge in [-0.2, -0.15) is 0 Å². The summed E-state index contributed by atoms with van der Waals surface area (Å²) in [4.78, 5) is 0. The number of ether oxygens (including phenoxy) is 2. The first kappa shape index (κ1) is 11.9. The van der Waals surface area contributed by atoms with Gasteiger partial charge in [0.2, 0.25) is 0 Å². The van der Waals surface area contributed by atoms with Gasteiger partial charge in [0.25, 0.3) is 0 Å². The van der Waals surface area contributed by atoms with Gasteiger partial charge in [-0.05, 0) is 37.7 Å². The van der Waals surface area contributed by atoms with Crippen molar-refractivity contribution in [1.29, 1.82) is 0 Å². The zero-order valence-corrected chi connectivity index (χ0v) is 9.45. The van der Waals surface area contributed by atoms with Gasteiger partial charge in [0.15, 0.2) is 0 Å². The van der Waals surface area contributed by atoms with E-state index in [9.17, 15) is 0 Å². The Kier molecular flexibility index (Phi) is 5.63. The number of hydrogen-bond acceptors (Lipinski definition) is 3. The van der Waals surface area contributed by atoms with Crippen molar-refractivity contribution in [2.45, 2.75) is 13.3 Å². The summed E-state index contributed by atoms with van der Waals surface area (Å²) in [5.74, 6) is 1.78. The first-order chi connectivity index (χ1) is 7.36. The maximum Gasteiger partial charge on any atom is 0.119 e. The van der Waals surface area contributed by atoms with Crippen molar-refractivity contribution in [2.75, 3.05) is 26.8 Å². The van der Waals surface area contributed by atoms with E-state index < -0.39 is 0 Å². The van der Waals surface area contributed by atoms with Crippen molar-refractivity contribution >= 4 is 0 Å². The van der Waals surface area contributed by atoms with Crippen LogP contribution in [0.25, 0.3) is 0 Å². The predicted molar refractivity (Wildman–Crippen MR) is 61.6 cm³/mol. The topological polar surface area (TPSA) is 30.5 Å². The van der Waals surface area contributed by atoms with E-state index in [4.69, 9.17) is 9.47 Å². The first-order valence-electron chi connectivity index (χ1n) is 5.37. The Hall–Kier alpha value is -1.22. The van der Waals surface area contributed by atoms with Gasteiger partial charge in [0.05, 0.1) is 6.61 Å². The summed E-state index contributed by atoms with van der Waals surface area (Å²) in [6.07, 6.45) is 1.03. The normalized spacial score (nSPS) is 10.0. The lowest BCUT2D eigenvalue weighted by atomic mass is 10.3. The Bertz CT molecular complexity index is 259. The molecule has 0 radical (unpaired) electrons. The number of hydrogen-bond donors (Lipinski definition) is 1. The molecule has 3 nitrogen and oxygen atoms in total. The third kappa shape index (κ3) is 4.70. The van der Waals surface area contributed by atoms with Crippen molar-refractivity contribution < 1.29 is 9.47 Å².